The van der Waals surface area contributed by atoms with Gasteiger partial charge in [-0.2, -0.15) is 0 Å². The van der Waals surface area contributed by atoms with Crippen molar-refractivity contribution in [3.05, 3.63) is 66.1 Å². The second kappa shape index (κ2) is 7.80. The van der Waals surface area contributed by atoms with Gasteiger partial charge in [0.05, 0.1) is 11.5 Å². The van der Waals surface area contributed by atoms with Crippen molar-refractivity contribution in [1.29, 1.82) is 0 Å². The van der Waals surface area contributed by atoms with Crippen LogP contribution in [-0.4, -0.2) is 26.6 Å². The third kappa shape index (κ3) is 4.17. The predicted octanol–water partition coefficient (Wildman–Crippen LogP) is 3.43. The van der Waals surface area contributed by atoms with Crippen molar-refractivity contribution < 1.29 is 17.5 Å². The standard InChI is InChI=1S/C19H19FN2O3S/c1-14-8-9-16(20)13-18(14)26(23,24)22-11-4-12-25-17-7-2-5-15-6-3-10-21-19(15)17/h2-3,5-10,13,22H,4,11-12H2,1H3. The monoisotopic (exact) mass is 374 g/mol. The zero-order chi connectivity index (χ0) is 18.6. The van der Waals surface area contributed by atoms with Gasteiger partial charge in [0.1, 0.15) is 17.1 Å². The zero-order valence-corrected chi connectivity index (χ0v) is 15.1. The summed E-state index contributed by atoms with van der Waals surface area (Å²) in [4.78, 5) is 4.26. The van der Waals surface area contributed by atoms with Gasteiger partial charge < -0.3 is 4.74 Å². The van der Waals surface area contributed by atoms with E-state index in [4.69, 9.17) is 4.74 Å². The van der Waals surface area contributed by atoms with E-state index in [1.807, 2.05) is 30.3 Å². The molecule has 0 radical (unpaired) electrons. The molecule has 1 N–H and O–H groups in total. The van der Waals surface area contributed by atoms with Crippen LogP contribution in [0.25, 0.3) is 10.9 Å². The molecule has 0 spiro atoms. The fraction of sp³-hybridized carbons (Fsp3) is 0.211. The van der Waals surface area contributed by atoms with Crippen LogP contribution < -0.4 is 9.46 Å². The Morgan fingerprint density at radius 3 is 2.81 bits per heavy atom. The van der Waals surface area contributed by atoms with Crippen molar-refractivity contribution in [1.82, 2.24) is 9.71 Å². The molecule has 0 fully saturated rings. The Morgan fingerprint density at radius 2 is 1.96 bits per heavy atom. The van der Waals surface area contributed by atoms with Gasteiger partial charge >= 0.3 is 0 Å². The largest absolute Gasteiger partial charge is 0.491 e. The Morgan fingerprint density at radius 1 is 1.15 bits per heavy atom. The highest BCUT2D eigenvalue weighted by molar-refractivity contribution is 7.89. The maximum atomic E-state index is 13.3. The second-order valence-electron chi connectivity index (χ2n) is 5.84. The first kappa shape index (κ1) is 18.3. The minimum Gasteiger partial charge on any atom is -0.491 e. The number of nitrogens with one attached hydrogen (secondary N) is 1. The van der Waals surface area contributed by atoms with Crippen molar-refractivity contribution in [2.24, 2.45) is 0 Å². The van der Waals surface area contributed by atoms with Crippen molar-refractivity contribution in [3.8, 4) is 5.75 Å². The number of benzene rings is 2. The van der Waals surface area contributed by atoms with Gasteiger partial charge in [0.2, 0.25) is 10.0 Å². The van der Waals surface area contributed by atoms with Crippen LogP contribution in [0.3, 0.4) is 0 Å². The highest BCUT2D eigenvalue weighted by atomic mass is 32.2. The lowest BCUT2D eigenvalue weighted by Gasteiger charge is -2.11. The minimum absolute atomic E-state index is 0.0447. The Bertz CT molecular complexity index is 1020. The van der Waals surface area contributed by atoms with E-state index in [9.17, 15) is 12.8 Å². The van der Waals surface area contributed by atoms with Gasteiger partial charge in [-0.1, -0.05) is 24.3 Å². The predicted molar refractivity (Wildman–Crippen MR) is 98.2 cm³/mol. The third-order valence-corrected chi connectivity index (χ3v) is 5.51. The average Bonchev–Trinajstić information content (AvgIpc) is 2.63. The van der Waals surface area contributed by atoms with Gasteiger partial charge in [0.25, 0.3) is 0 Å². The number of halogens is 1. The minimum atomic E-state index is -3.75. The Hall–Kier alpha value is -2.51. The number of hydrogen-bond acceptors (Lipinski definition) is 4. The molecule has 0 aliphatic carbocycles. The van der Waals surface area contributed by atoms with Crippen LogP contribution >= 0.6 is 0 Å². The number of pyridine rings is 1. The van der Waals surface area contributed by atoms with Crippen LogP contribution in [-0.2, 0) is 10.0 Å². The van der Waals surface area contributed by atoms with Crippen LogP contribution in [0, 0.1) is 12.7 Å². The lowest BCUT2D eigenvalue weighted by Crippen LogP contribution is -2.26. The topological polar surface area (TPSA) is 68.3 Å². The molecule has 0 aliphatic rings. The number of nitrogens with zero attached hydrogens (tertiary/aromatic N) is 1. The van der Waals surface area contributed by atoms with Gasteiger partial charge in [-0.3, -0.25) is 4.98 Å². The number of para-hydroxylation sites is 1. The maximum Gasteiger partial charge on any atom is 0.240 e. The van der Waals surface area contributed by atoms with Gasteiger partial charge in [0, 0.05) is 18.1 Å². The number of rotatable bonds is 7. The van der Waals surface area contributed by atoms with E-state index in [-0.39, 0.29) is 11.4 Å². The number of aromatic nitrogens is 1. The van der Waals surface area contributed by atoms with Crippen molar-refractivity contribution in [2.45, 2.75) is 18.2 Å². The molecule has 0 saturated heterocycles. The molecule has 7 heteroatoms. The molecule has 0 atom stereocenters. The molecule has 136 valence electrons. The van der Waals surface area contributed by atoms with Crippen molar-refractivity contribution in [3.63, 3.8) is 0 Å². The van der Waals surface area contributed by atoms with Crippen LogP contribution in [0.4, 0.5) is 4.39 Å². The quantitative estimate of drug-likeness (QED) is 0.644. The summed E-state index contributed by atoms with van der Waals surface area (Å²) in [6, 6.07) is 13.2. The van der Waals surface area contributed by atoms with Crippen molar-refractivity contribution in [2.75, 3.05) is 13.2 Å². The number of sulfonamides is 1. The molecule has 0 saturated carbocycles. The molecule has 0 unspecified atom stereocenters. The SMILES string of the molecule is Cc1ccc(F)cc1S(=O)(=O)NCCCOc1cccc2cccnc12. The van der Waals surface area contributed by atoms with Gasteiger partial charge in [-0.25, -0.2) is 17.5 Å². The molecule has 1 aromatic heterocycles. The average molecular weight is 374 g/mol. The summed E-state index contributed by atoms with van der Waals surface area (Å²) in [5.74, 6) is 0.0784. The molecule has 3 aromatic rings. The first-order chi connectivity index (χ1) is 12.5. The van der Waals surface area contributed by atoms with E-state index < -0.39 is 15.8 Å². The van der Waals surface area contributed by atoms with Crippen molar-refractivity contribution >= 4 is 20.9 Å². The maximum absolute atomic E-state index is 13.3. The van der Waals surface area contributed by atoms with E-state index >= 15 is 0 Å². The van der Waals surface area contributed by atoms with E-state index in [0.29, 0.717) is 24.3 Å². The molecule has 0 aliphatic heterocycles. The highest BCUT2D eigenvalue weighted by Crippen LogP contribution is 2.23. The molecular weight excluding hydrogens is 355 g/mol. The summed E-state index contributed by atoms with van der Waals surface area (Å²) in [7, 11) is -3.75. The Labute approximate surface area is 151 Å². The lowest BCUT2D eigenvalue weighted by molar-refractivity contribution is 0.314. The smallest absolute Gasteiger partial charge is 0.240 e. The van der Waals surface area contributed by atoms with Gasteiger partial charge in [-0.15, -0.1) is 0 Å². The van der Waals surface area contributed by atoms with E-state index in [2.05, 4.69) is 9.71 Å². The van der Waals surface area contributed by atoms with E-state index in [0.717, 1.165) is 17.0 Å². The van der Waals surface area contributed by atoms with E-state index in [1.54, 1.807) is 13.1 Å². The molecule has 3 rings (SSSR count). The second-order valence-corrected chi connectivity index (χ2v) is 7.58. The van der Waals surface area contributed by atoms with E-state index in [1.165, 1.54) is 12.1 Å². The zero-order valence-electron chi connectivity index (χ0n) is 14.3. The fourth-order valence-corrected chi connectivity index (χ4v) is 3.92. The molecule has 0 amide bonds. The van der Waals surface area contributed by atoms with Gasteiger partial charge in [0.15, 0.2) is 0 Å². The summed E-state index contributed by atoms with van der Waals surface area (Å²) in [5, 5.41) is 0.979. The molecule has 5 nitrogen and oxygen atoms in total. The number of fused-ring (bicyclic) bond motifs is 1. The fourth-order valence-electron chi connectivity index (χ4n) is 2.59. The highest BCUT2D eigenvalue weighted by Gasteiger charge is 2.17. The summed E-state index contributed by atoms with van der Waals surface area (Å²) < 4.78 is 46.1. The lowest BCUT2D eigenvalue weighted by atomic mass is 10.2. The summed E-state index contributed by atoms with van der Waals surface area (Å²) >= 11 is 0. The van der Waals surface area contributed by atoms with Crippen LogP contribution in [0.5, 0.6) is 5.75 Å². The Kier molecular flexibility index (Phi) is 5.49. The Balaban J connectivity index is 1.56. The normalized spacial score (nSPS) is 11.6. The molecular formula is C19H19FN2O3S. The number of hydrogen-bond donors (Lipinski definition) is 1. The number of aryl methyl sites for hydroxylation is 1. The first-order valence-corrected chi connectivity index (χ1v) is 9.68. The third-order valence-electron chi connectivity index (χ3n) is 3.91. The molecule has 26 heavy (non-hydrogen) atoms. The molecule has 0 bridgehead atoms. The summed E-state index contributed by atoms with van der Waals surface area (Å²) in [5.41, 5.74) is 1.27. The summed E-state index contributed by atoms with van der Waals surface area (Å²) in [6.07, 6.45) is 2.17. The number of ether oxygens (including phenoxy) is 1. The molecule has 1 heterocycles. The van der Waals surface area contributed by atoms with Crippen LogP contribution in [0.1, 0.15) is 12.0 Å². The first-order valence-electron chi connectivity index (χ1n) is 8.20. The van der Waals surface area contributed by atoms with Crippen LogP contribution in [0.15, 0.2) is 59.6 Å². The summed E-state index contributed by atoms with van der Waals surface area (Å²) in [6.45, 7) is 2.15. The van der Waals surface area contributed by atoms with Gasteiger partial charge in [-0.05, 0) is 43.2 Å². The van der Waals surface area contributed by atoms with Crippen LogP contribution in [0.2, 0.25) is 0 Å². The molecule has 2 aromatic carbocycles.